The Hall–Kier alpha value is -3.27. The maximum atomic E-state index is 14.2. The maximum Gasteiger partial charge on any atom is 0.329 e. The lowest BCUT2D eigenvalue weighted by molar-refractivity contribution is -0.145. The zero-order valence-electron chi connectivity index (χ0n) is 24.5. The zero-order chi connectivity index (χ0) is 30.4. The molecule has 0 saturated heterocycles. The average molecular weight is 637 g/mol. The minimum atomic E-state index is -2.74. The number of halogens is 4. The van der Waals surface area contributed by atoms with Crippen LogP contribution >= 0.6 is 24.0 Å². The zero-order valence-corrected chi connectivity index (χ0v) is 26.0. The van der Waals surface area contributed by atoms with Gasteiger partial charge < -0.3 is 20.1 Å². The minimum Gasteiger partial charge on any atom is -0.492 e. The smallest absolute Gasteiger partial charge is 0.329 e. The highest BCUT2D eigenvalue weighted by atomic mass is 35.5. The molecule has 0 aliphatic heterocycles. The number of ether oxygens (including phenoxy) is 1. The van der Waals surface area contributed by atoms with E-state index in [2.05, 4.69) is 10.3 Å². The van der Waals surface area contributed by atoms with Gasteiger partial charge in [0.25, 0.3) is 12.3 Å². The molecule has 4 rings (SSSR count). The summed E-state index contributed by atoms with van der Waals surface area (Å²) < 4.78 is 34.3. The van der Waals surface area contributed by atoms with Gasteiger partial charge in [-0.05, 0) is 76.2 Å². The largest absolute Gasteiger partial charge is 0.492 e. The Morgan fingerprint density at radius 1 is 1.07 bits per heavy atom. The van der Waals surface area contributed by atoms with Gasteiger partial charge in [-0.15, -0.1) is 12.4 Å². The van der Waals surface area contributed by atoms with Gasteiger partial charge in [0, 0.05) is 23.2 Å². The molecule has 0 radical (unpaired) electrons. The van der Waals surface area contributed by atoms with Crippen LogP contribution in [0.3, 0.4) is 0 Å². The third-order valence-electron chi connectivity index (χ3n) is 7.54. The fraction of sp³-hybridized carbons (Fsp3) is 0.406. The molecule has 0 bridgehead atoms. The van der Waals surface area contributed by atoms with Gasteiger partial charge in [-0.3, -0.25) is 4.79 Å². The fourth-order valence-corrected chi connectivity index (χ4v) is 5.46. The van der Waals surface area contributed by atoms with Crippen LogP contribution in [-0.4, -0.2) is 59.7 Å². The molecule has 7 nitrogen and oxygen atoms in total. The molecule has 2 N–H and O–H groups in total. The molecule has 2 aromatic carbocycles. The van der Waals surface area contributed by atoms with Gasteiger partial charge in [-0.2, -0.15) is 0 Å². The summed E-state index contributed by atoms with van der Waals surface area (Å²) >= 11 is 6.43. The first-order valence-corrected chi connectivity index (χ1v) is 14.4. The molecule has 1 aromatic heterocycles. The van der Waals surface area contributed by atoms with Crippen LogP contribution in [0.2, 0.25) is 5.02 Å². The summed E-state index contributed by atoms with van der Waals surface area (Å²) in [4.78, 5) is 32.3. The Kier molecular flexibility index (Phi) is 11.9. The van der Waals surface area contributed by atoms with E-state index in [1.54, 1.807) is 43.3 Å². The Morgan fingerprint density at radius 2 is 1.77 bits per heavy atom. The van der Waals surface area contributed by atoms with Crippen molar-refractivity contribution in [3.8, 4) is 28.1 Å². The van der Waals surface area contributed by atoms with Crippen LogP contribution in [-0.2, 0) is 4.79 Å². The van der Waals surface area contributed by atoms with Gasteiger partial charge in [0.2, 0.25) is 0 Å². The Balaban J connectivity index is 0.00000506. The molecule has 1 amide bonds. The monoisotopic (exact) mass is 635 g/mol. The average Bonchev–Trinajstić information content (AvgIpc) is 2.96. The van der Waals surface area contributed by atoms with Crippen LogP contribution in [0, 0.1) is 6.92 Å². The van der Waals surface area contributed by atoms with Crippen LogP contribution < -0.4 is 10.1 Å². The Morgan fingerprint density at radius 3 is 2.42 bits per heavy atom. The SMILES string of the molecule is Cc1ccc(-c2ccc(C(=O)NC3(C(=O)O)CCCCC3)nc2-c2ccc(Cl)c(OCCCN(C)C)c2)c(C(F)F)c1.Cl. The van der Waals surface area contributed by atoms with Crippen molar-refractivity contribution in [1.29, 1.82) is 0 Å². The maximum absolute atomic E-state index is 14.2. The predicted octanol–water partition coefficient (Wildman–Crippen LogP) is 7.58. The lowest BCUT2D eigenvalue weighted by atomic mass is 9.81. The molecule has 1 fully saturated rings. The van der Waals surface area contributed by atoms with E-state index in [1.165, 1.54) is 12.1 Å². The van der Waals surface area contributed by atoms with E-state index in [1.807, 2.05) is 19.0 Å². The first-order valence-electron chi connectivity index (χ1n) is 14.0. The van der Waals surface area contributed by atoms with Gasteiger partial charge in [-0.1, -0.05) is 54.6 Å². The highest BCUT2D eigenvalue weighted by Gasteiger charge is 2.41. The number of pyridine rings is 1. The molecule has 1 aliphatic rings. The minimum absolute atomic E-state index is 0. The van der Waals surface area contributed by atoms with E-state index < -0.39 is 23.8 Å². The standard InChI is InChI=1S/C32H36ClF2N3O4.ClH/c1-20-8-10-22(24(18-20)29(34)35)23-11-13-26(30(39)37-32(31(40)41)14-5-4-6-15-32)36-28(23)21-9-12-25(33)27(19-21)42-17-7-16-38(2)3;/h8-13,18-19,29H,4-7,14-17H2,1-3H3,(H,37,39)(H,40,41);1H. The summed E-state index contributed by atoms with van der Waals surface area (Å²) in [6, 6.07) is 12.8. The third-order valence-corrected chi connectivity index (χ3v) is 7.85. The van der Waals surface area contributed by atoms with Crippen molar-refractivity contribution >= 4 is 35.9 Å². The Bertz CT molecular complexity index is 1450. The number of carboxylic acids is 1. The number of aryl methyl sites for hydroxylation is 1. The highest BCUT2D eigenvalue weighted by molar-refractivity contribution is 6.32. The number of nitrogens with zero attached hydrogens (tertiary/aromatic N) is 2. The molecule has 3 aromatic rings. The topological polar surface area (TPSA) is 91.8 Å². The van der Waals surface area contributed by atoms with Crippen LogP contribution in [0.1, 0.15) is 66.6 Å². The van der Waals surface area contributed by atoms with Gasteiger partial charge in [0.1, 0.15) is 17.0 Å². The number of benzene rings is 2. The molecule has 0 unspecified atom stereocenters. The summed E-state index contributed by atoms with van der Waals surface area (Å²) in [5, 5.41) is 13.0. The van der Waals surface area contributed by atoms with Crippen LogP contribution in [0.4, 0.5) is 8.78 Å². The molecule has 43 heavy (non-hydrogen) atoms. The second-order valence-corrected chi connectivity index (χ2v) is 11.4. The number of hydrogen-bond donors (Lipinski definition) is 2. The van der Waals surface area contributed by atoms with Crippen molar-refractivity contribution in [2.75, 3.05) is 27.2 Å². The quantitative estimate of drug-likeness (QED) is 0.211. The lowest BCUT2D eigenvalue weighted by Gasteiger charge is -2.33. The van der Waals surface area contributed by atoms with E-state index in [4.69, 9.17) is 16.3 Å². The van der Waals surface area contributed by atoms with E-state index in [0.29, 0.717) is 59.8 Å². The second kappa shape index (κ2) is 14.9. The molecule has 1 saturated carbocycles. The number of carboxylic acid groups (broad SMARTS) is 1. The fourth-order valence-electron chi connectivity index (χ4n) is 5.28. The molecule has 0 spiro atoms. The number of aromatic nitrogens is 1. The number of nitrogens with one attached hydrogen (secondary N) is 1. The van der Waals surface area contributed by atoms with Crippen molar-refractivity contribution in [3.05, 3.63) is 70.4 Å². The number of aliphatic carboxylic acids is 1. The molecular weight excluding hydrogens is 599 g/mol. The predicted molar refractivity (Wildman–Crippen MR) is 167 cm³/mol. The van der Waals surface area contributed by atoms with Gasteiger partial charge in [0.15, 0.2) is 0 Å². The van der Waals surface area contributed by atoms with E-state index in [9.17, 15) is 23.5 Å². The van der Waals surface area contributed by atoms with Crippen LogP contribution in [0.15, 0.2) is 48.5 Å². The van der Waals surface area contributed by atoms with Crippen molar-refractivity contribution in [1.82, 2.24) is 15.2 Å². The van der Waals surface area contributed by atoms with E-state index in [-0.39, 0.29) is 34.9 Å². The van der Waals surface area contributed by atoms with Gasteiger partial charge >= 0.3 is 5.97 Å². The summed E-state index contributed by atoms with van der Waals surface area (Å²) in [6.07, 6.45) is 0.961. The van der Waals surface area contributed by atoms with Gasteiger partial charge in [-0.25, -0.2) is 18.6 Å². The lowest BCUT2D eigenvalue weighted by Crippen LogP contribution is -2.55. The number of rotatable bonds is 11. The van der Waals surface area contributed by atoms with E-state index >= 15 is 0 Å². The highest BCUT2D eigenvalue weighted by Crippen LogP contribution is 2.39. The normalized spacial score (nSPS) is 14.3. The first-order chi connectivity index (χ1) is 20.0. The van der Waals surface area contributed by atoms with Crippen molar-refractivity contribution < 1.29 is 28.2 Å². The van der Waals surface area contributed by atoms with Crippen molar-refractivity contribution in [2.45, 2.75) is 57.4 Å². The number of carbonyl (C=O) groups is 2. The molecule has 0 atom stereocenters. The summed E-state index contributed by atoms with van der Waals surface area (Å²) in [7, 11) is 3.93. The summed E-state index contributed by atoms with van der Waals surface area (Å²) in [5.74, 6) is -1.32. The summed E-state index contributed by atoms with van der Waals surface area (Å²) in [6.45, 7) is 2.97. The van der Waals surface area contributed by atoms with Gasteiger partial charge in [0.05, 0.1) is 17.3 Å². The molecule has 232 valence electrons. The summed E-state index contributed by atoms with van der Waals surface area (Å²) in [5.41, 5.74) is 0.602. The van der Waals surface area contributed by atoms with E-state index in [0.717, 1.165) is 19.4 Å². The van der Waals surface area contributed by atoms with Crippen molar-refractivity contribution in [3.63, 3.8) is 0 Å². The first kappa shape index (κ1) is 34.2. The number of alkyl halides is 2. The molecule has 1 aliphatic carbocycles. The van der Waals surface area contributed by atoms with Crippen LogP contribution in [0.5, 0.6) is 5.75 Å². The molecule has 11 heteroatoms. The Labute approximate surface area is 262 Å². The number of hydrogen-bond acceptors (Lipinski definition) is 5. The van der Waals surface area contributed by atoms with Crippen LogP contribution in [0.25, 0.3) is 22.4 Å². The number of carbonyl (C=O) groups excluding carboxylic acids is 1. The van der Waals surface area contributed by atoms with Crippen molar-refractivity contribution in [2.24, 2.45) is 0 Å². The number of amides is 1. The molecule has 1 heterocycles. The third kappa shape index (κ3) is 8.22. The second-order valence-electron chi connectivity index (χ2n) is 11.0. The molecular formula is C32H37Cl2F2N3O4.